The summed E-state index contributed by atoms with van der Waals surface area (Å²) in [6.07, 6.45) is -4.35. The summed E-state index contributed by atoms with van der Waals surface area (Å²) in [4.78, 5) is 0. The molecule has 0 amide bonds. The van der Waals surface area contributed by atoms with Crippen molar-refractivity contribution in [2.45, 2.75) is 6.18 Å². The molecular weight excluding hydrogens is 362 g/mol. The number of benzene rings is 1. The summed E-state index contributed by atoms with van der Waals surface area (Å²) in [5.41, 5.74) is 4.80. The maximum Gasteiger partial charge on any atom is 0.417 e. The average Bonchev–Trinajstić information content (AvgIpc) is 1.94. The molecule has 1 rings (SSSR count). The van der Waals surface area contributed by atoms with E-state index in [-0.39, 0.29) is 9.26 Å². The number of alkyl halides is 3. The lowest BCUT2D eigenvalue weighted by Gasteiger charge is -2.11. The zero-order valence-corrected chi connectivity index (χ0v) is 9.87. The summed E-state index contributed by atoms with van der Waals surface area (Å²) < 4.78 is 37.3. The van der Waals surface area contributed by atoms with Crippen LogP contribution in [0.1, 0.15) is 5.56 Å². The maximum atomic E-state index is 12.3. The quantitative estimate of drug-likeness (QED) is 0.551. The van der Waals surface area contributed by atoms with E-state index < -0.39 is 11.7 Å². The van der Waals surface area contributed by atoms with Gasteiger partial charge in [-0.1, -0.05) is 15.9 Å². The van der Waals surface area contributed by atoms with Crippen LogP contribution >= 0.6 is 38.5 Å². The fourth-order valence-corrected chi connectivity index (χ4v) is 1.91. The number of hydrogen-bond donors (Lipinski definition) is 1. The molecule has 1 aromatic rings. The molecule has 2 N–H and O–H groups in total. The van der Waals surface area contributed by atoms with Crippen LogP contribution in [0.25, 0.3) is 0 Å². The second-order valence-electron chi connectivity index (χ2n) is 2.35. The largest absolute Gasteiger partial charge is 0.417 e. The lowest BCUT2D eigenvalue weighted by Crippen LogP contribution is -2.09. The van der Waals surface area contributed by atoms with E-state index in [1.54, 1.807) is 22.6 Å². The van der Waals surface area contributed by atoms with Gasteiger partial charge in [0.2, 0.25) is 0 Å². The molecule has 0 heterocycles. The molecule has 0 aliphatic rings. The third-order valence-corrected chi connectivity index (χ3v) is 3.03. The Kier molecular flexibility index (Phi) is 3.11. The van der Waals surface area contributed by atoms with Gasteiger partial charge in [0.1, 0.15) is 0 Å². The Labute approximate surface area is 94.8 Å². The summed E-state index contributed by atoms with van der Waals surface area (Å²) in [7, 11) is 0. The molecule has 13 heavy (non-hydrogen) atoms. The van der Waals surface area contributed by atoms with E-state index in [1.165, 1.54) is 6.07 Å². The van der Waals surface area contributed by atoms with Gasteiger partial charge in [0, 0.05) is 13.7 Å². The van der Waals surface area contributed by atoms with Crippen LogP contribution in [0.2, 0.25) is 0 Å². The molecule has 0 aliphatic carbocycles. The van der Waals surface area contributed by atoms with Gasteiger partial charge in [-0.25, -0.2) is 0 Å². The van der Waals surface area contributed by atoms with Crippen molar-refractivity contribution in [3.63, 3.8) is 0 Å². The van der Waals surface area contributed by atoms with Crippen molar-refractivity contribution < 1.29 is 13.2 Å². The molecule has 72 valence electrons. The molecule has 0 unspecified atom stereocenters. The van der Waals surface area contributed by atoms with Gasteiger partial charge in [-0.2, -0.15) is 13.2 Å². The third-order valence-electron chi connectivity index (χ3n) is 1.37. The summed E-state index contributed by atoms with van der Waals surface area (Å²) in [6, 6.07) is 2.45. The molecule has 0 aromatic heterocycles. The highest BCUT2D eigenvalue weighted by molar-refractivity contribution is 14.1. The van der Waals surface area contributed by atoms with Crippen molar-refractivity contribution >= 4 is 44.2 Å². The lowest BCUT2D eigenvalue weighted by molar-refractivity contribution is -0.138. The highest BCUT2D eigenvalue weighted by Gasteiger charge is 2.33. The zero-order chi connectivity index (χ0) is 10.2. The van der Waals surface area contributed by atoms with Crippen LogP contribution in [0.5, 0.6) is 0 Å². The number of halogens is 5. The fourth-order valence-electron chi connectivity index (χ4n) is 0.817. The fraction of sp³-hybridized carbons (Fsp3) is 0.143. The number of nitrogens with two attached hydrogens (primary N) is 1. The van der Waals surface area contributed by atoms with Crippen LogP contribution in [0.15, 0.2) is 16.6 Å². The second-order valence-corrected chi connectivity index (χ2v) is 4.35. The van der Waals surface area contributed by atoms with E-state index in [0.717, 1.165) is 6.07 Å². The minimum Gasteiger partial charge on any atom is -0.398 e. The van der Waals surface area contributed by atoms with Crippen molar-refractivity contribution in [1.82, 2.24) is 0 Å². The zero-order valence-electron chi connectivity index (χ0n) is 6.12. The van der Waals surface area contributed by atoms with Gasteiger partial charge >= 0.3 is 6.18 Å². The number of nitrogen functional groups attached to an aromatic ring is 1. The predicted molar refractivity (Wildman–Crippen MR) is 56.3 cm³/mol. The molecule has 0 radical (unpaired) electrons. The molecule has 6 heteroatoms. The van der Waals surface area contributed by atoms with Crippen LogP contribution < -0.4 is 5.73 Å². The maximum absolute atomic E-state index is 12.3. The van der Waals surface area contributed by atoms with Gasteiger partial charge < -0.3 is 5.73 Å². The van der Waals surface area contributed by atoms with E-state index in [1.807, 2.05) is 0 Å². The van der Waals surface area contributed by atoms with Crippen molar-refractivity contribution in [2.24, 2.45) is 0 Å². The topological polar surface area (TPSA) is 26.0 Å². The molecule has 0 spiro atoms. The van der Waals surface area contributed by atoms with E-state index in [0.29, 0.717) is 4.47 Å². The average molecular weight is 366 g/mol. The minimum absolute atomic E-state index is 0.0355. The van der Waals surface area contributed by atoms with Crippen molar-refractivity contribution in [3.05, 3.63) is 25.7 Å². The number of rotatable bonds is 0. The van der Waals surface area contributed by atoms with Gasteiger partial charge in [-0.3, -0.25) is 0 Å². The van der Waals surface area contributed by atoms with Crippen LogP contribution in [0.4, 0.5) is 18.9 Å². The monoisotopic (exact) mass is 365 g/mol. The van der Waals surface area contributed by atoms with Gasteiger partial charge in [-0.15, -0.1) is 0 Å². The summed E-state index contributed by atoms with van der Waals surface area (Å²) in [6.45, 7) is 0. The normalized spacial score (nSPS) is 11.8. The Balaban J connectivity index is 3.37. The van der Waals surface area contributed by atoms with Crippen molar-refractivity contribution in [2.75, 3.05) is 5.73 Å². The molecule has 1 aromatic carbocycles. The van der Waals surface area contributed by atoms with Crippen LogP contribution in [-0.4, -0.2) is 0 Å². The van der Waals surface area contributed by atoms with Gasteiger partial charge in [0.05, 0.1) is 5.56 Å². The van der Waals surface area contributed by atoms with Crippen LogP contribution in [0, 0.1) is 3.57 Å². The van der Waals surface area contributed by atoms with E-state index in [9.17, 15) is 13.2 Å². The smallest absolute Gasteiger partial charge is 0.398 e. The molecule has 0 saturated heterocycles. The lowest BCUT2D eigenvalue weighted by atomic mass is 10.2. The highest BCUT2D eigenvalue weighted by Crippen LogP contribution is 2.37. The van der Waals surface area contributed by atoms with Crippen LogP contribution in [0.3, 0.4) is 0 Å². The molecule has 0 aliphatic heterocycles. The Morgan fingerprint density at radius 3 is 2.31 bits per heavy atom. The van der Waals surface area contributed by atoms with Crippen molar-refractivity contribution in [1.29, 1.82) is 0 Å². The standard InChI is InChI=1S/C7H4BrF3IN/c8-3-1-4(7(9,10)11)6(12)5(13)2-3/h1-2H,13H2. The first kappa shape index (κ1) is 11.1. The van der Waals surface area contributed by atoms with Gasteiger partial charge in [0.15, 0.2) is 0 Å². The van der Waals surface area contributed by atoms with Crippen molar-refractivity contribution in [3.8, 4) is 0 Å². The first-order valence-corrected chi connectivity index (χ1v) is 5.01. The van der Waals surface area contributed by atoms with Gasteiger partial charge in [-0.05, 0) is 34.7 Å². The number of hydrogen-bond acceptors (Lipinski definition) is 1. The second kappa shape index (κ2) is 3.64. The molecule has 0 atom stereocenters. The Hall–Kier alpha value is 0.0200. The summed E-state index contributed by atoms with van der Waals surface area (Å²) in [5, 5.41) is 0. The van der Waals surface area contributed by atoms with Gasteiger partial charge in [0.25, 0.3) is 0 Å². The Bertz CT molecular complexity index is 337. The van der Waals surface area contributed by atoms with E-state index >= 15 is 0 Å². The highest BCUT2D eigenvalue weighted by atomic mass is 127. The molecule has 1 nitrogen and oxygen atoms in total. The summed E-state index contributed by atoms with van der Waals surface area (Å²) in [5.74, 6) is 0. The third kappa shape index (κ3) is 2.49. The van der Waals surface area contributed by atoms with E-state index in [4.69, 9.17) is 5.73 Å². The minimum atomic E-state index is -4.35. The summed E-state index contributed by atoms with van der Waals surface area (Å²) >= 11 is 4.54. The first-order valence-electron chi connectivity index (χ1n) is 3.14. The SMILES string of the molecule is Nc1cc(Br)cc(C(F)(F)F)c1I. The molecule has 0 bridgehead atoms. The van der Waals surface area contributed by atoms with Crippen LogP contribution in [-0.2, 0) is 6.18 Å². The first-order chi connectivity index (χ1) is 5.82. The van der Waals surface area contributed by atoms with E-state index in [2.05, 4.69) is 15.9 Å². The molecule has 0 saturated carbocycles. The Morgan fingerprint density at radius 2 is 1.85 bits per heavy atom. The Morgan fingerprint density at radius 1 is 1.31 bits per heavy atom. The molecule has 0 fully saturated rings. The number of anilines is 1. The molecular formula is C7H4BrF3IN. The predicted octanol–water partition coefficient (Wildman–Crippen LogP) is 3.65.